The van der Waals surface area contributed by atoms with Gasteiger partial charge in [0, 0.05) is 33.1 Å². The van der Waals surface area contributed by atoms with Crippen LogP contribution in [-0.4, -0.2) is 59.9 Å². The number of methoxy groups -OCH3 is 1. The van der Waals surface area contributed by atoms with E-state index in [4.69, 9.17) is 40.0 Å². The van der Waals surface area contributed by atoms with Crippen LogP contribution in [0.15, 0.2) is 133 Å². The molecule has 0 aromatic heterocycles. The summed E-state index contributed by atoms with van der Waals surface area (Å²) < 4.78 is 84.0. The highest BCUT2D eigenvalue weighted by Crippen LogP contribution is 2.45. The third kappa shape index (κ3) is 12.1. The average Bonchev–Trinajstić information content (AvgIpc) is 3.23. The largest absolute Gasteiger partial charge is 0.573 e. The highest BCUT2D eigenvalue weighted by molar-refractivity contribution is 6.59. The molecule has 0 saturated carbocycles. The molecule has 1 aliphatic heterocycles. The first-order chi connectivity index (χ1) is 28.8. The number of alkyl halides is 3. The number of halogens is 4. The first-order valence-corrected chi connectivity index (χ1v) is 23.4. The van der Waals surface area contributed by atoms with Crippen molar-refractivity contribution < 1.29 is 46.3 Å². The summed E-state index contributed by atoms with van der Waals surface area (Å²) in [6.07, 6.45) is -7.54. The second-order valence-electron chi connectivity index (χ2n) is 16.1. The molecule has 320 valence electrons. The summed E-state index contributed by atoms with van der Waals surface area (Å²) in [5, 5.41) is 0.471. The highest BCUT2D eigenvalue weighted by atomic mass is 35.5. The van der Waals surface area contributed by atoms with Crippen molar-refractivity contribution in [1.29, 1.82) is 0 Å². The number of hydrogen-bond acceptors (Lipinski definition) is 7. The van der Waals surface area contributed by atoms with Gasteiger partial charge in [0.15, 0.2) is 0 Å². The predicted octanol–water partition coefficient (Wildman–Crippen LogP) is 11.1. The molecule has 0 unspecified atom stereocenters. The molecule has 1 saturated heterocycles. The maximum absolute atomic E-state index is 12.9. The molecule has 5 aromatic carbocycles. The van der Waals surface area contributed by atoms with E-state index in [0.29, 0.717) is 29.2 Å². The first-order valence-electron chi connectivity index (χ1n) is 20.2. The summed E-state index contributed by atoms with van der Waals surface area (Å²) >= 11 is 6.86. The molecule has 1 fully saturated rings. The summed E-state index contributed by atoms with van der Waals surface area (Å²) in [6.45, 7) is 10.5. The Morgan fingerprint density at radius 3 is 1.73 bits per heavy atom. The van der Waals surface area contributed by atoms with Gasteiger partial charge in [-0.3, -0.25) is 0 Å². The van der Waals surface area contributed by atoms with E-state index in [1.807, 2.05) is 103 Å². The minimum Gasteiger partial charge on any atom is -0.406 e. The molecule has 1 heterocycles. The van der Waals surface area contributed by atoms with Gasteiger partial charge in [-0.1, -0.05) is 148 Å². The molecule has 0 N–H and O–H groups in total. The van der Waals surface area contributed by atoms with Gasteiger partial charge < -0.3 is 33.2 Å². The van der Waals surface area contributed by atoms with E-state index in [1.165, 1.54) is 12.1 Å². The molecule has 0 spiro atoms. The molecule has 0 radical (unpaired) electrons. The van der Waals surface area contributed by atoms with Crippen LogP contribution in [0, 0.1) is 0 Å². The van der Waals surface area contributed by atoms with Crippen molar-refractivity contribution >= 4 is 20.4 Å². The van der Waals surface area contributed by atoms with Crippen molar-refractivity contribution in [3.8, 4) is 5.75 Å². The lowest BCUT2D eigenvalue weighted by Crippen LogP contribution is -2.66. The zero-order valence-corrected chi connectivity index (χ0v) is 36.6. The molecule has 0 amide bonds. The standard InChI is InChI=1S/C48H54ClF3O7Si/c1-46(2,60(4)5)33-54-32-42-43(55-29-35-15-9-6-10-16-35)44(56-30-36-17-11-7-12-18-36)45(57-31-37-19-13-8-14-20-37)47(53-3,59-42)39-23-26-41(49)38(28-39)27-34-21-24-40(25-22-34)58-48(50,51)52/h6-26,28,42-45,60H,27,29-33H2,1-5H3/t42-,43-,44+,45-,47+/m1/s1. The summed E-state index contributed by atoms with van der Waals surface area (Å²) in [6, 6.07) is 40.9. The molecule has 12 heteroatoms. The monoisotopic (exact) mass is 862 g/mol. The van der Waals surface area contributed by atoms with Crippen LogP contribution >= 0.6 is 11.6 Å². The molecule has 60 heavy (non-hydrogen) atoms. The Labute approximate surface area is 358 Å². The van der Waals surface area contributed by atoms with Crippen molar-refractivity contribution in [1.82, 2.24) is 0 Å². The summed E-state index contributed by atoms with van der Waals surface area (Å²) in [5.41, 5.74) is 4.91. The van der Waals surface area contributed by atoms with Crippen LogP contribution in [0.25, 0.3) is 0 Å². The average molecular weight is 863 g/mol. The zero-order valence-electron chi connectivity index (χ0n) is 34.7. The van der Waals surface area contributed by atoms with E-state index in [0.717, 1.165) is 22.3 Å². The van der Waals surface area contributed by atoms with Crippen LogP contribution in [-0.2, 0) is 60.4 Å². The van der Waals surface area contributed by atoms with Crippen LogP contribution in [0.2, 0.25) is 23.2 Å². The van der Waals surface area contributed by atoms with Gasteiger partial charge in [0.1, 0.15) is 30.2 Å². The van der Waals surface area contributed by atoms with E-state index in [9.17, 15) is 13.2 Å². The fourth-order valence-corrected chi connectivity index (χ4v) is 7.68. The maximum Gasteiger partial charge on any atom is 0.573 e. The Bertz CT molecular complexity index is 2060. The molecule has 0 aliphatic carbocycles. The van der Waals surface area contributed by atoms with Crippen LogP contribution in [0.4, 0.5) is 13.2 Å². The maximum atomic E-state index is 12.9. The SMILES string of the molecule is CO[C@@]1(c2ccc(Cl)c(Cc3ccc(OC(F)(F)F)cc3)c2)O[C@H](COCC(C)(C)[SiH](C)C)[C@@H](OCc2ccccc2)[C@H](OCc2ccccc2)[C@H]1OCc1ccccc1. The highest BCUT2D eigenvalue weighted by Gasteiger charge is 2.58. The van der Waals surface area contributed by atoms with Gasteiger partial charge >= 0.3 is 6.36 Å². The zero-order chi connectivity index (χ0) is 42.8. The number of rotatable bonds is 19. The Balaban J connectivity index is 1.44. The van der Waals surface area contributed by atoms with E-state index in [-0.39, 0.29) is 37.2 Å². The molecule has 5 atom stereocenters. The molecule has 0 bridgehead atoms. The number of benzene rings is 5. The smallest absolute Gasteiger partial charge is 0.406 e. The molecular weight excluding hydrogens is 809 g/mol. The van der Waals surface area contributed by atoms with Crippen molar-refractivity contribution in [2.75, 3.05) is 20.3 Å². The van der Waals surface area contributed by atoms with Gasteiger partial charge in [0.05, 0.1) is 26.4 Å². The summed E-state index contributed by atoms with van der Waals surface area (Å²) in [7, 11) is 0.478. The van der Waals surface area contributed by atoms with E-state index in [1.54, 1.807) is 25.3 Å². The summed E-state index contributed by atoms with van der Waals surface area (Å²) in [5.74, 6) is -1.89. The Hall–Kier alpha value is -4.04. The number of hydrogen-bond donors (Lipinski definition) is 0. The van der Waals surface area contributed by atoms with Gasteiger partial charge in [-0.15, -0.1) is 13.2 Å². The second kappa shape index (κ2) is 20.7. The van der Waals surface area contributed by atoms with Gasteiger partial charge in [-0.25, -0.2) is 0 Å². The van der Waals surface area contributed by atoms with Gasteiger partial charge in [-0.2, -0.15) is 0 Å². The fraction of sp³-hybridized carbons (Fsp3) is 0.375. The number of ether oxygens (including phenoxy) is 7. The third-order valence-electron chi connectivity index (χ3n) is 11.2. The van der Waals surface area contributed by atoms with Gasteiger partial charge in [0.2, 0.25) is 5.79 Å². The van der Waals surface area contributed by atoms with E-state index < -0.39 is 45.4 Å². The third-order valence-corrected chi connectivity index (χ3v) is 14.8. The van der Waals surface area contributed by atoms with Crippen molar-refractivity contribution in [3.63, 3.8) is 0 Å². The topological polar surface area (TPSA) is 64.6 Å². The lowest BCUT2D eigenvalue weighted by Gasteiger charge is -2.52. The molecule has 7 nitrogen and oxygen atoms in total. The van der Waals surface area contributed by atoms with E-state index in [2.05, 4.69) is 31.7 Å². The second-order valence-corrected chi connectivity index (χ2v) is 20.4. The lowest BCUT2D eigenvalue weighted by atomic mass is 9.86. The Morgan fingerprint density at radius 2 is 1.22 bits per heavy atom. The molecular formula is C48H54ClF3O7Si. The Kier molecular flexibility index (Phi) is 15.7. The fourth-order valence-electron chi connectivity index (χ4n) is 7.05. The molecule has 5 aromatic rings. The van der Waals surface area contributed by atoms with Gasteiger partial charge in [-0.05, 0) is 63.5 Å². The first kappa shape index (κ1) is 45.5. The van der Waals surface area contributed by atoms with Gasteiger partial charge in [0.25, 0.3) is 0 Å². The normalized spacial score (nSPS) is 21.0. The van der Waals surface area contributed by atoms with Crippen LogP contribution in [0.5, 0.6) is 5.75 Å². The minimum atomic E-state index is -4.80. The van der Waals surface area contributed by atoms with Crippen molar-refractivity contribution in [2.45, 2.75) is 94.8 Å². The van der Waals surface area contributed by atoms with E-state index >= 15 is 0 Å². The van der Waals surface area contributed by atoms with Crippen LogP contribution in [0.1, 0.15) is 47.2 Å². The molecule has 1 aliphatic rings. The predicted molar refractivity (Wildman–Crippen MR) is 230 cm³/mol. The Morgan fingerprint density at radius 1 is 0.683 bits per heavy atom. The minimum absolute atomic E-state index is 0.0140. The van der Waals surface area contributed by atoms with Crippen LogP contribution < -0.4 is 4.74 Å². The summed E-state index contributed by atoms with van der Waals surface area (Å²) in [4.78, 5) is 0. The lowest BCUT2D eigenvalue weighted by molar-refractivity contribution is -0.385. The van der Waals surface area contributed by atoms with Crippen molar-refractivity contribution in [2.24, 2.45) is 0 Å². The van der Waals surface area contributed by atoms with Crippen LogP contribution in [0.3, 0.4) is 0 Å². The quantitative estimate of drug-likeness (QED) is 0.0766. The molecule has 6 rings (SSSR count). The van der Waals surface area contributed by atoms with Crippen molar-refractivity contribution in [3.05, 3.63) is 172 Å².